The summed E-state index contributed by atoms with van der Waals surface area (Å²) in [5, 5.41) is 15.3. The number of fused-ring (bicyclic) bond motifs is 1. The minimum atomic E-state index is -0.257. The maximum Gasteiger partial charge on any atom is 0.117 e. The molecule has 5 heteroatoms. The average Bonchev–Trinajstić information content (AvgIpc) is 2.70. The third kappa shape index (κ3) is 4.19. The number of hydrogen-bond acceptors (Lipinski definition) is 5. The molecule has 0 saturated heterocycles. The van der Waals surface area contributed by atoms with E-state index >= 15 is 0 Å². The molecule has 0 radical (unpaired) electrons. The highest BCUT2D eigenvalue weighted by Crippen LogP contribution is 2.35. The number of aliphatic hydroxyl groups is 1. The van der Waals surface area contributed by atoms with Crippen molar-refractivity contribution in [2.24, 2.45) is 26.9 Å². The van der Waals surface area contributed by atoms with Gasteiger partial charge in [-0.3, -0.25) is 15.4 Å². The smallest absolute Gasteiger partial charge is 0.117 e. The highest BCUT2D eigenvalue weighted by atomic mass is 16.3. The van der Waals surface area contributed by atoms with Gasteiger partial charge in [-0.25, -0.2) is 0 Å². The van der Waals surface area contributed by atoms with Crippen LogP contribution in [0, 0.1) is 11.8 Å². The number of aliphatic hydroxyl groups excluding tert-OH is 1. The molecule has 2 N–H and O–H groups in total. The van der Waals surface area contributed by atoms with Gasteiger partial charge in [0.25, 0.3) is 0 Å². The van der Waals surface area contributed by atoms with Gasteiger partial charge in [0, 0.05) is 18.9 Å². The lowest BCUT2D eigenvalue weighted by Crippen LogP contribution is -2.42. The van der Waals surface area contributed by atoms with Crippen LogP contribution in [-0.2, 0) is 0 Å². The van der Waals surface area contributed by atoms with Gasteiger partial charge in [0.15, 0.2) is 0 Å². The molecule has 0 amide bonds. The summed E-state index contributed by atoms with van der Waals surface area (Å²) in [5.74, 6) is 2.14. The normalized spacial score (nSPS) is 33.9. The van der Waals surface area contributed by atoms with Crippen LogP contribution in [-0.4, -0.2) is 41.1 Å². The maximum atomic E-state index is 10.5. The fraction of sp³-hybridized carbons (Fsp3) is 0.857. The van der Waals surface area contributed by atoms with Gasteiger partial charge in [-0.1, -0.05) is 25.7 Å². The highest BCUT2D eigenvalue weighted by molar-refractivity contribution is 6.43. The number of rotatable bonds is 3. The molecule has 0 aromatic heterocycles. The molecule has 3 atom stereocenters. The van der Waals surface area contributed by atoms with Gasteiger partial charge in [-0.2, -0.15) is 5.10 Å². The number of nitrogens with zero attached hydrogens (tertiary/aromatic N) is 3. The largest absolute Gasteiger partial charge is 0.391 e. The minimum Gasteiger partial charge on any atom is -0.391 e. The Morgan fingerprint density at radius 3 is 2.62 bits per heavy atom. The molecule has 2 aliphatic carbocycles. The van der Waals surface area contributed by atoms with Crippen LogP contribution in [0.1, 0.15) is 83.5 Å². The van der Waals surface area contributed by atoms with Gasteiger partial charge < -0.3 is 5.11 Å². The average molecular weight is 359 g/mol. The monoisotopic (exact) mass is 358 g/mol. The molecular formula is C21H34N4O. The van der Waals surface area contributed by atoms with Crippen LogP contribution >= 0.6 is 0 Å². The number of amidine groups is 1. The van der Waals surface area contributed by atoms with E-state index in [1.54, 1.807) is 0 Å². The van der Waals surface area contributed by atoms with Crippen LogP contribution in [0.15, 0.2) is 15.1 Å². The summed E-state index contributed by atoms with van der Waals surface area (Å²) in [6.07, 6.45) is 15.0. The van der Waals surface area contributed by atoms with Crippen molar-refractivity contribution in [3.8, 4) is 0 Å². The summed E-state index contributed by atoms with van der Waals surface area (Å²) in [5.41, 5.74) is 5.64. The number of nitrogens with one attached hydrogen (secondary N) is 1. The molecule has 26 heavy (non-hydrogen) atoms. The molecule has 5 nitrogen and oxygen atoms in total. The van der Waals surface area contributed by atoms with E-state index in [0.29, 0.717) is 11.8 Å². The summed E-state index contributed by atoms with van der Waals surface area (Å²) in [6, 6.07) is 0.105. The Kier molecular flexibility index (Phi) is 6.03. The van der Waals surface area contributed by atoms with Crippen molar-refractivity contribution in [3.63, 3.8) is 0 Å². The van der Waals surface area contributed by atoms with Crippen molar-refractivity contribution in [2.45, 2.75) is 95.6 Å². The molecule has 2 fully saturated rings. The van der Waals surface area contributed by atoms with E-state index in [4.69, 9.17) is 10.1 Å². The first-order valence-electron chi connectivity index (χ1n) is 10.9. The first-order chi connectivity index (χ1) is 12.8. The number of hydrazone groups is 1. The Labute approximate surface area is 157 Å². The molecule has 2 aliphatic heterocycles. The second kappa shape index (κ2) is 8.64. The molecule has 0 spiro atoms. The summed E-state index contributed by atoms with van der Waals surface area (Å²) in [6.45, 7) is 0.924. The molecule has 2 heterocycles. The summed E-state index contributed by atoms with van der Waals surface area (Å²) >= 11 is 0. The van der Waals surface area contributed by atoms with Crippen molar-refractivity contribution >= 4 is 17.3 Å². The van der Waals surface area contributed by atoms with E-state index < -0.39 is 0 Å². The second-order valence-corrected chi connectivity index (χ2v) is 8.59. The quantitative estimate of drug-likeness (QED) is 0.594. The molecule has 4 rings (SSSR count). The van der Waals surface area contributed by atoms with Crippen molar-refractivity contribution in [1.82, 2.24) is 5.43 Å². The Morgan fingerprint density at radius 1 is 0.923 bits per heavy atom. The van der Waals surface area contributed by atoms with E-state index in [2.05, 4.69) is 10.4 Å². The zero-order chi connectivity index (χ0) is 17.8. The molecule has 3 unspecified atom stereocenters. The molecule has 4 aliphatic rings. The van der Waals surface area contributed by atoms with Crippen molar-refractivity contribution in [2.75, 3.05) is 6.54 Å². The van der Waals surface area contributed by atoms with Crippen molar-refractivity contribution in [1.29, 1.82) is 0 Å². The Bertz CT molecular complexity index is 577. The van der Waals surface area contributed by atoms with E-state index in [-0.39, 0.29) is 12.1 Å². The molecule has 144 valence electrons. The van der Waals surface area contributed by atoms with E-state index in [9.17, 15) is 5.11 Å². The van der Waals surface area contributed by atoms with Gasteiger partial charge in [-0.15, -0.1) is 0 Å². The topological polar surface area (TPSA) is 69.3 Å². The molecular weight excluding hydrogens is 324 g/mol. The maximum absolute atomic E-state index is 10.5. The van der Waals surface area contributed by atoms with E-state index in [1.807, 2.05) is 0 Å². The zero-order valence-electron chi connectivity index (χ0n) is 16.0. The van der Waals surface area contributed by atoms with Crippen molar-refractivity contribution < 1.29 is 5.11 Å². The highest BCUT2D eigenvalue weighted by Gasteiger charge is 2.36. The molecule has 0 bridgehead atoms. The first kappa shape index (κ1) is 18.1. The van der Waals surface area contributed by atoms with Crippen LogP contribution in [0.5, 0.6) is 0 Å². The Balaban J connectivity index is 1.56. The van der Waals surface area contributed by atoms with Gasteiger partial charge in [-0.05, 0) is 57.3 Å². The lowest BCUT2D eigenvalue weighted by Gasteiger charge is -2.37. The first-order valence-corrected chi connectivity index (χ1v) is 10.9. The fourth-order valence-electron chi connectivity index (χ4n) is 5.19. The van der Waals surface area contributed by atoms with Gasteiger partial charge >= 0.3 is 0 Å². The van der Waals surface area contributed by atoms with E-state index in [1.165, 1.54) is 62.8 Å². The van der Waals surface area contributed by atoms with Gasteiger partial charge in [0.1, 0.15) is 5.84 Å². The second-order valence-electron chi connectivity index (χ2n) is 8.59. The predicted molar refractivity (Wildman–Crippen MR) is 107 cm³/mol. The zero-order valence-corrected chi connectivity index (χ0v) is 16.0. The third-order valence-corrected chi connectivity index (χ3v) is 6.73. The van der Waals surface area contributed by atoms with Crippen LogP contribution in [0.4, 0.5) is 0 Å². The van der Waals surface area contributed by atoms with Crippen molar-refractivity contribution in [3.05, 3.63) is 0 Å². The third-order valence-electron chi connectivity index (χ3n) is 6.73. The van der Waals surface area contributed by atoms with Gasteiger partial charge in [0.05, 0.1) is 23.6 Å². The standard InChI is InChI=1S/C21H34N4O/c26-18-10-6-9-16-12-13-17(23-21(16)18)20(15-7-2-1-3-8-15)25-24-19-11-4-5-14-22-19/h15-16,18,21,26H,1-14H2,(H,22,24)/b25-20-. The van der Waals surface area contributed by atoms with E-state index in [0.717, 1.165) is 44.5 Å². The molecule has 2 saturated carbocycles. The Morgan fingerprint density at radius 2 is 1.81 bits per heavy atom. The molecule has 0 aromatic rings. The lowest BCUT2D eigenvalue weighted by atomic mass is 9.76. The van der Waals surface area contributed by atoms with Crippen LogP contribution < -0.4 is 5.43 Å². The summed E-state index contributed by atoms with van der Waals surface area (Å²) in [4.78, 5) is 9.67. The Hall–Kier alpha value is -1.23. The molecule has 0 aromatic carbocycles. The number of aliphatic imine (C=N–C) groups is 2. The van der Waals surface area contributed by atoms with Crippen LogP contribution in [0.3, 0.4) is 0 Å². The van der Waals surface area contributed by atoms with Crippen LogP contribution in [0.25, 0.3) is 0 Å². The summed E-state index contributed by atoms with van der Waals surface area (Å²) < 4.78 is 0. The lowest BCUT2D eigenvalue weighted by molar-refractivity contribution is 0.0721. The predicted octanol–water partition coefficient (Wildman–Crippen LogP) is 3.86. The van der Waals surface area contributed by atoms with Crippen LogP contribution in [0.2, 0.25) is 0 Å². The number of hydrogen-bond donors (Lipinski definition) is 2. The minimum absolute atomic E-state index is 0.105. The SMILES string of the molecule is OC1CCCC2CCC(/C(=N\NC3=NCCCC3)C3CCCCC3)=NC12. The fourth-order valence-corrected chi connectivity index (χ4v) is 5.19. The van der Waals surface area contributed by atoms with Gasteiger partial charge in [0.2, 0.25) is 0 Å². The summed E-state index contributed by atoms with van der Waals surface area (Å²) in [7, 11) is 0.